The molecule has 0 saturated carbocycles. The van der Waals surface area contributed by atoms with E-state index < -0.39 is 0 Å². The minimum Gasteiger partial charge on any atom is -0.424 e. The van der Waals surface area contributed by atoms with Gasteiger partial charge in [0.2, 0.25) is 11.8 Å². The first-order valence-electron chi connectivity index (χ1n) is 7.58. The molecule has 2 aromatic rings. The summed E-state index contributed by atoms with van der Waals surface area (Å²) in [6.45, 7) is 5.75. The van der Waals surface area contributed by atoms with E-state index in [1.807, 2.05) is 6.92 Å². The molecule has 21 heavy (non-hydrogen) atoms. The quantitative estimate of drug-likeness (QED) is 0.912. The second kappa shape index (κ2) is 6.83. The van der Waals surface area contributed by atoms with Gasteiger partial charge in [-0.3, -0.25) is 4.90 Å². The van der Waals surface area contributed by atoms with Crippen LogP contribution in [-0.2, 0) is 13.1 Å². The molecule has 5 heteroatoms. The van der Waals surface area contributed by atoms with E-state index in [1.165, 1.54) is 24.9 Å². The number of piperidine rings is 1. The average Bonchev–Trinajstić information content (AvgIpc) is 2.92. The van der Waals surface area contributed by atoms with Gasteiger partial charge in [-0.25, -0.2) is 0 Å². The number of rotatable bonds is 5. The summed E-state index contributed by atoms with van der Waals surface area (Å²) in [5.41, 5.74) is 1.38. The molecule has 5 nitrogen and oxygen atoms in total. The second-order valence-electron chi connectivity index (χ2n) is 5.66. The van der Waals surface area contributed by atoms with Crippen LogP contribution in [-0.4, -0.2) is 34.2 Å². The van der Waals surface area contributed by atoms with E-state index in [2.05, 4.69) is 50.7 Å². The molecule has 1 aliphatic heterocycles. The minimum atomic E-state index is 0.495. The fraction of sp³-hybridized carbons (Fsp3) is 0.500. The minimum absolute atomic E-state index is 0.495. The average molecular weight is 286 g/mol. The van der Waals surface area contributed by atoms with Crippen molar-refractivity contribution in [3.05, 3.63) is 47.7 Å². The van der Waals surface area contributed by atoms with Gasteiger partial charge in [0.05, 0.1) is 6.54 Å². The van der Waals surface area contributed by atoms with Crippen molar-refractivity contribution < 1.29 is 4.42 Å². The molecule has 1 fully saturated rings. The number of hydrogen-bond acceptors (Lipinski definition) is 5. The van der Waals surface area contributed by atoms with Crippen molar-refractivity contribution in [3.63, 3.8) is 0 Å². The summed E-state index contributed by atoms with van der Waals surface area (Å²) < 4.78 is 5.40. The molecule has 0 bridgehead atoms. The molecule has 0 radical (unpaired) electrons. The molecule has 1 aliphatic rings. The van der Waals surface area contributed by atoms with Crippen LogP contribution in [0, 0.1) is 6.92 Å². The number of benzene rings is 1. The zero-order valence-electron chi connectivity index (χ0n) is 12.5. The lowest BCUT2D eigenvalue weighted by Gasteiger charge is -2.33. The Morgan fingerprint density at radius 2 is 2.14 bits per heavy atom. The monoisotopic (exact) mass is 286 g/mol. The van der Waals surface area contributed by atoms with Gasteiger partial charge in [0, 0.05) is 26.1 Å². The molecule has 1 unspecified atom stereocenters. The Morgan fingerprint density at radius 1 is 1.29 bits per heavy atom. The van der Waals surface area contributed by atoms with E-state index in [4.69, 9.17) is 4.42 Å². The van der Waals surface area contributed by atoms with Gasteiger partial charge in [-0.05, 0) is 24.9 Å². The zero-order chi connectivity index (χ0) is 14.5. The Labute approximate surface area is 125 Å². The van der Waals surface area contributed by atoms with Gasteiger partial charge in [0.25, 0.3) is 0 Å². The molecule has 3 rings (SSSR count). The number of likely N-dealkylation sites (tertiary alicyclic amines) is 1. The molecule has 1 aromatic carbocycles. The lowest BCUT2D eigenvalue weighted by Crippen LogP contribution is -2.45. The smallest absolute Gasteiger partial charge is 0.230 e. The molecular formula is C16H22N4O. The third-order valence-electron chi connectivity index (χ3n) is 3.86. The van der Waals surface area contributed by atoms with Crippen LogP contribution in [0.1, 0.15) is 30.2 Å². The number of hydrogen-bond donors (Lipinski definition) is 1. The SMILES string of the molecule is Cc1nnc(CNC2CCCN(Cc3ccccc3)C2)o1. The van der Waals surface area contributed by atoms with Crippen molar-refractivity contribution in [3.8, 4) is 0 Å². The highest BCUT2D eigenvalue weighted by Crippen LogP contribution is 2.14. The molecule has 2 heterocycles. The van der Waals surface area contributed by atoms with E-state index in [0.717, 1.165) is 13.1 Å². The van der Waals surface area contributed by atoms with Gasteiger partial charge in [-0.15, -0.1) is 10.2 Å². The van der Waals surface area contributed by atoms with Gasteiger partial charge in [-0.2, -0.15) is 0 Å². The first-order valence-corrected chi connectivity index (χ1v) is 7.58. The summed E-state index contributed by atoms with van der Waals surface area (Å²) in [4.78, 5) is 2.51. The van der Waals surface area contributed by atoms with Crippen molar-refractivity contribution in [1.82, 2.24) is 20.4 Å². The van der Waals surface area contributed by atoms with E-state index >= 15 is 0 Å². The van der Waals surface area contributed by atoms with Crippen LogP contribution in [0.25, 0.3) is 0 Å². The first-order chi connectivity index (χ1) is 10.3. The third kappa shape index (κ3) is 4.12. The maximum atomic E-state index is 5.40. The summed E-state index contributed by atoms with van der Waals surface area (Å²) in [6, 6.07) is 11.2. The number of aryl methyl sites for hydroxylation is 1. The van der Waals surface area contributed by atoms with Gasteiger partial charge in [0.1, 0.15) is 0 Å². The van der Waals surface area contributed by atoms with Crippen LogP contribution >= 0.6 is 0 Å². The van der Waals surface area contributed by atoms with Gasteiger partial charge in [-0.1, -0.05) is 30.3 Å². The lowest BCUT2D eigenvalue weighted by molar-refractivity contribution is 0.180. The molecule has 1 atom stereocenters. The number of aromatic nitrogens is 2. The molecule has 0 amide bonds. The molecule has 0 aliphatic carbocycles. The zero-order valence-corrected chi connectivity index (χ0v) is 12.5. The maximum Gasteiger partial charge on any atom is 0.230 e. The topological polar surface area (TPSA) is 54.2 Å². The molecular weight excluding hydrogens is 264 g/mol. The number of nitrogens with zero attached hydrogens (tertiary/aromatic N) is 3. The maximum absolute atomic E-state index is 5.40. The van der Waals surface area contributed by atoms with Crippen LogP contribution in [0.15, 0.2) is 34.7 Å². The fourth-order valence-electron chi connectivity index (χ4n) is 2.85. The third-order valence-corrected chi connectivity index (χ3v) is 3.86. The van der Waals surface area contributed by atoms with Crippen LogP contribution < -0.4 is 5.32 Å². The van der Waals surface area contributed by atoms with Gasteiger partial charge in [0.15, 0.2) is 0 Å². The summed E-state index contributed by atoms with van der Waals surface area (Å²) in [5, 5.41) is 11.4. The lowest BCUT2D eigenvalue weighted by atomic mass is 10.0. The Bertz CT molecular complexity index is 554. The highest BCUT2D eigenvalue weighted by Gasteiger charge is 2.20. The van der Waals surface area contributed by atoms with E-state index in [0.29, 0.717) is 24.4 Å². The first kappa shape index (κ1) is 14.2. The summed E-state index contributed by atoms with van der Waals surface area (Å²) in [6.07, 6.45) is 2.44. The summed E-state index contributed by atoms with van der Waals surface area (Å²) >= 11 is 0. The molecule has 0 spiro atoms. The standard InChI is InChI=1S/C16H22N4O/c1-13-18-19-16(21-13)10-17-15-8-5-9-20(12-15)11-14-6-3-2-4-7-14/h2-4,6-7,15,17H,5,8-12H2,1H3. The van der Waals surface area contributed by atoms with Gasteiger partial charge < -0.3 is 9.73 Å². The van der Waals surface area contributed by atoms with Crippen LogP contribution in [0.2, 0.25) is 0 Å². The van der Waals surface area contributed by atoms with Crippen LogP contribution in [0.4, 0.5) is 0 Å². The normalized spacial score (nSPS) is 19.8. The molecule has 1 N–H and O–H groups in total. The van der Waals surface area contributed by atoms with Gasteiger partial charge >= 0.3 is 0 Å². The second-order valence-corrected chi connectivity index (χ2v) is 5.66. The summed E-state index contributed by atoms with van der Waals surface area (Å²) in [5.74, 6) is 1.30. The predicted octanol–water partition coefficient (Wildman–Crippen LogP) is 2.13. The van der Waals surface area contributed by atoms with Crippen molar-refractivity contribution in [1.29, 1.82) is 0 Å². The van der Waals surface area contributed by atoms with Crippen molar-refractivity contribution in [2.24, 2.45) is 0 Å². The van der Waals surface area contributed by atoms with E-state index in [1.54, 1.807) is 0 Å². The predicted molar refractivity (Wildman–Crippen MR) is 80.6 cm³/mol. The Balaban J connectivity index is 1.49. The highest BCUT2D eigenvalue weighted by molar-refractivity contribution is 5.14. The van der Waals surface area contributed by atoms with Crippen molar-refractivity contribution >= 4 is 0 Å². The number of nitrogens with one attached hydrogen (secondary N) is 1. The Hall–Kier alpha value is -1.72. The van der Waals surface area contributed by atoms with E-state index in [-0.39, 0.29) is 0 Å². The van der Waals surface area contributed by atoms with Crippen LogP contribution in [0.3, 0.4) is 0 Å². The molecule has 1 aromatic heterocycles. The van der Waals surface area contributed by atoms with Crippen molar-refractivity contribution in [2.75, 3.05) is 13.1 Å². The molecule has 112 valence electrons. The largest absolute Gasteiger partial charge is 0.424 e. The van der Waals surface area contributed by atoms with E-state index in [9.17, 15) is 0 Å². The van der Waals surface area contributed by atoms with Crippen LogP contribution in [0.5, 0.6) is 0 Å². The fourth-order valence-corrected chi connectivity index (χ4v) is 2.85. The summed E-state index contributed by atoms with van der Waals surface area (Å²) in [7, 11) is 0. The molecule has 1 saturated heterocycles. The Kier molecular flexibility index (Phi) is 4.62. The highest BCUT2D eigenvalue weighted by atomic mass is 16.4. The Morgan fingerprint density at radius 3 is 2.90 bits per heavy atom. The van der Waals surface area contributed by atoms with Crippen molar-refractivity contribution in [2.45, 2.75) is 38.9 Å².